The third-order valence-electron chi connectivity index (χ3n) is 2.64. The number of carboxylic acids is 1. The maximum absolute atomic E-state index is 10.9. The number of carboxylic acid groups (broad SMARTS) is 1. The van der Waals surface area contributed by atoms with Crippen LogP contribution in [0.25, 0.3) is 0 Å². The number of aromatic carboxylic acids is 1. The molecule has 0 spiro atoms. The third-order valence-corrected chi connectivity index (χ3v) is 3.37. The van der Waals surface area contributed by atoms with Gasteiger partial charge in [0, 0.05) is 22.0 Å². The Morgan fingerprint density at radius 1 is 1.21 bits per heavy atom. The molecule has 0 aromatic heterocycles. The molecule has 0 amide bonds. The summed E-state index contributed by atoms with van der Waals surface area (Å²) in [5.41, 5.74) is 7.77. The second-order valence-electron chi connectivity index (χ2n) is 3.96. The first-order valence-electron chi connectivity index (χ1n) is 5.64. The first kappa shape index (κ1) is 13.3. The second-order valence-corrected chi connectivity index (χ2v) is 4.84. The summed E-state index contributed by atoms with van der Waals surface area (Å²) in [5, 5.41) is 12.1. The zero-order chi connectivity index (χ0) is 13.8. The van der Waals surface area contributed by atoms with Crippen molar-refractivity contribution in [3.05, 3.63) is 48.0 Å². The Kier molecular flexibility index (Phi) is 3.97. The molecule has 0 radical (unpaired) electrons. The molecule has 0 unspecified atom stereocenters. The zero-order valence-corrected chi connectivity index (χ0v) is 11.2. The van der Waals surface area contributed by atoms with Crippen LogP contribution in [0.15, 0.2) is 47.4 Å². The van der Waals surface area contributed by atoms with E-state index in [0.29, 0.717) is 0 Å². The molecule has 0 bridgehead atoms. The molecule has 0 saturated carbocycles. The number of benzene rings is 2. The molecule has 0 atom stereocenters. The van der Waals surface area contributed by atoms with E-state index < -0.39 is 5.97 Å². The third kappa shape index (κ3) is 3.20. The highest BCUT2D eigenvalue weighted by molar-refractivity contribution is 7.98. The molecular formula is C14H14N2O2S. The smallest absolute Gasteiger partial charge is 0.337 e. The van der Waals surface area contributed by atoms with Gasteiger partial charge in [-0.25, -0.2) is 4.79 Å². The van der Waals surface area contributed by atoms with Gasteiger partial charge in [0.25, 0.3) is 0 Å². The van der Waals surface area contributed by atoms with Crippen molar-refractivity contribution in [3.63, 3.8) is 0 Å². The highest BCUT2D eigenvalue weighted by atomic mass is 32.2. The number of nitrogen functional groups attached to an aromatic ring is 1. The highest BCUT2D eigenvalue weighted by Crippen LogP contribution is 2.24. The highest BCUT2D eigenvalue weighted by Gasteiger charge is 2.08. The van der Waals surface area contributed by atoms with E-state index in [4.69, 9.17) is 10.8 Å². The molecule has 0 aliphatic carbocycles. The molecule has 98 valence electrons. The van der Waals surface area contributed by atoms with E-state index in [-0.39, 0.29) is 11.3 Å². The van der Waals surface area contributed by atoms with E-state index in [1.807, 2.05) is 30.5 Å². The van der Waals surface area contributed by atoms with Crippen molar-refractivity contribution in [1.82, 2.24) is 0 Å². The van der Waals surface area contributed by atoms with Crippen molar-refractivity contribution in [2.24, 2.45) is 0 Å². The van der Waals surface area contributed by atoms with Crippen molar-refractivity contribution < 1.29 is 9.90 Å². The van der Waals surface area contributed by atoms with E-state index in [1.165, 1.54) is 6.07 Å². The van der Waals surface area contributed by atoms with Crippen LogP contribution in [0, 0.1) is 0 Å². The largest absolute Gasteiger partial charge is 0.478 e. The fourth-order valence-corrected chi connectivity index (χ4v) is 2.16. The molecule has 0 aliphatic heterocycles. The maximum atomic E-state index is 10.9. The van der Waals surface area contributed by atoms with E-state index in [1.54, 1.807) is 23.9 Å². The summed E-state index contributed by atoms with van der Waals surface area (Å²) >= 11 is 1.66. The molecule has 19 heavy (non-hydrogen) atoms. The van der Waals surface area contributed by atoms with Crippen LogP contribution in [0.1, 0.15) is 10.4 Å². The monoisotopic (exact) mass is 274 g/mol. The Labute approximate surface area is 115 Å². The minimum atomic E-state index is -1.02. The number of anilines is 3. The summed E-state index contributed by atoms with van der Waals surface area (Å²) in [6.07, 6.45) is 2.01. The second kappa shape index (κ2) is 5.67. The molecule has 4 N–H and O–H groups in total. The molecule has 2 aromatic carbocycles. The van der Waals surface area contributed by atoms with E-state index >= 15 is 0 Å². The quantitative estimate of drug-likeness (QED) is 0.588. The maximum Gasteiger partial charge on any atom is 0.337 e. The van der Waals surface area contributed by atoms with Gasteiger partial charge in [-0.05, 0) is 42.7 Å². The van der Waals surface area contributed by atoms with Crippen LogP contribution < -0.4 is 11.1 Å². The minimum Gasteiger partial charge on any atom is -0.478 e. The Balaban J connectivity index is 2.23. The lowest BCUT2D eigenvalue weighted by molar-refractivity contribution is 0.0698. The Bertz CT molecular complexity index is 614. The average molecular weight is 274 g/mol. The number of hydrogen-bond donors (Lipinski definition) is 3. The molecule has 5 heteroatoms. The SMILES string of the molecule is CSc1cccc(Nc2ccc(C(=O)O)c(N)c2)c1. The van der Waals surface area contributed by atoms with Gasteiger partial charge < -0.3 is 16.2 Å². The van der Waals surface area contributed by atoms with Crippen molar-refractivity contribution >= 4 is 34.8 Å². The van der Waals surface area contributed by atoms with Gasteiger partial charge in [0.15, 0.2) is 0 Å². The minimum absolute atomic E-state index is 0.114. The normalized spacial score (nSPS) is 10.2. The number of nitrogens with two attached hydrogens (primary N) is 1. The summed E-state index contributed by atoms with van der Waals surface area (Å²) in [7, 11) is 0. The van der Waals surface area contributed by atoms with Crippen LogP contribution in [-0.2, 0) is 0 Å². The average Bonchev–Trinajstić information content (AvgIpc) is 2.38. The van der Waals surface area contributed by atoms with Crippen molar-refractivity contribution in [1.29, 1.82) is 0 Å². The topological polar surface area (TPSA) is 75.3 Å². The fraction of sp³-hybridized carbons (Fsp3) is 0.0714. The zero-order valence-electron chi connectivity index (χ0n) is 10.4. The van der Waals surface area contributed by atoms with Gasteiger partial charge in [-0.3, -0.25) is 0 Å². The lowest BCUT2D eigenvalue weighted by atomic mass is 10.1. The summed E-state index contributed by atoms with van der Waals surface area (Å²) in [6.45, 7) is 0. The van der Waals surface area contributed by atoms with E-state index in [0.717, 1.165) is 16.3 Å². The Hall–Kier alpha value is -2.14. The number of carbonyl (C=O) groups is 1. The van der Waals surface area contributed by atoms with Gasteiger partial charge in [-0.1, -0.05) is 6.07 Å². The molecule has 2 rings (SSSR count). The molecule has 0 saturated heterocycles. The van der Waals surface area contributed by atoms with Crippen LogP contribution in [0.5, 0.6) is 0 Å². The van der Waals surface area contributed by atoms with Crippen LogP contribution in [0.2, 0.25) is 0 Å². The standard InChI is InChI=1S/C14H14N2O2S/c1-19-11-4-2-3-9(7-11)16-10-5-6-12(14(17)18)13(15)8-10/h2-8,16H,15H2,1H3,(H,17,18). The lowest BCUT2D eigenvalue weighted by Gasteiger charge is -2.09. The number of hydrogen-bond acceptors (Lipinski definition) is 4. The Morgan fingerprint density at radius 3 is 2.58 bits per heavy atom. The van der Waals surface area contributed by atoms with Crippen LogP contribution in [0.4, 0.5) is 17.1 Å². The Morgan fingerprint density at radius 2 is 1.95 bits per heavy atom. The van der Waals surface area contributed by atoms with Crippen LogP contribution in [0.3, 0.4) is 0 Å². The molecule has 0 aliphatic rings. The predicted molar refractivity (Wildman–Crippen MR) is 79.3 cm³/mol. The fourth-order valence-electron chi connectivity index (χ4n) is 1.70. The van der Waals surface area contributed by atoms with Gasteiger partial charge in [-0.2, -0.15) is 0 Å². The molecule has 0 fully saturated rings. The lowest BCUT2D eigenvalue weighted by Crippen LogP contribution is -2.02. The number of rotatable bonds is 4. The van der Waals surface area contributed by atoms with E-state index in [9.17, 15) is 4.79 Å². The molecule has 0 heterocycles. The van der Waals surface area contributed by atoms with Gasteiger partial charge in [0.05, 0.1) is 5.56 Å². The van der Waals surface area contributed by atoms with Gasteiger partial charge >= 0.3 is 5.97 Å². The van der Waals surface area contributed by atoms with Gasteiger partial charge in [0.2, 0.25) is 0 Å². The summed E-state index contributed by atoms with van der Waals surface area (Å²) < 4.78 is 0. The van der Waals surface area contributed by atoms with Crippen LogP contribution in [-0.4, -0.2) is 17.3 Å². The first-order chi connectivity index (χ1) is 9.10. The molecular weight excluding hydrogens is 260 g/mol. The predicted octanol–water partition coefficient (Wildman–Crippen LogP) is 3.43. The van der Waals surface area contributed by atoms with Crippen molar-refractivity contribution in [2.45, 2.75) is 4.90 Å². The van der Waals surface area contributed by atoms with E-state index in [2.05, 4.69) is 5.32 Å². The first-order valence-corrected chi connectivity index (χ1v) is 6.86. The van der Waals surface area contributed by atoms with Crippen LogP contribution >= 0.6 is 11.8 Å². The summed E-state index contributed by atoms with van der Waals surface area (Å²) in [5.74, 6) is -1.02. The van der Waals surface area contributed by atoms with Crippen molar-refractivity contribution in [2.75, 3.05) is 17.3 Å². The number of nitrogens with one attached hydrogen (secondary N) is 1. The molecule has 2 aromatic rings. The van der Waals surface area contributed by atoms with Crippen molar-refractivity contribution in [3.8, 4) is 0 Å². The molecule has 4 nitrogen and oxygen atoms in total. The number of thioether (sulfide) groups is 1. The van der Waals surface area contributed by atoms with Gasteiger partial charge in [0.1, 0.15) is 0 Å². The van der Waals surface area contributed by atoms with Gasteiger partial charge in [-0.15, -0.1) is 11.8 Å². The summed E-state index contributed by atoms with van der Waals surface area (Å²) in [4.78, 5) is 12.0. The summed E-state index contributed by atoms with van der Waals surface area (Å²) in [6, 6.07) is 12.8.